The van der Waals surface area contributed by atoms with E-state index in [0.717, 1.165) is 12.1 Å². The van der Waals surface area contributed by atoms with Crippen LogP contribution >= 0.6 is 0 Å². The Kier molecular flexibility index (Phi) is 29.7. The molecule has 0 aliphatic carbocycles. The predicted octanol–water partition coefficient (Wildman–Crippen LogP) is 6.17. The summed E-state index contributed by atoms with van der Waals surface area (Å²) >= 11 is 0. The molecule has 30 heteroatoms. The first-order chi connectivity index (χ1) is 44.2. The van der Waals surface area contributed by atoms with Crippen LogP contribution in [0.3, 0.4) is 0 Å². The molecule has 0 radical (unpaired) electrons. The van der Waals surface area contributed by atoms with Crippen molar-refractivity contribution < 1.29 is 114 Å². The third-order valence-corrected chi connectivity index (χ3v) is 19.1. The normalized spacial score (nSPS) is 17.7. The van der Waals surface area contributed by atoms with Gasteiger partial charge in [-0.1, -0.05) is 36.4 Å². The minimum Gasteiger partial charge on any atom is -0.744 e. The van der Waals surface area contributed by atoms with Crippen LogP contribution in [-0.4, -0.2) is 219 Å². The van der Waals surface area contributed by atoms with Gasteiger partial charge < -0.3 is 75.6 Å². The van der Waals surface area contributed by atoms with Crippen LogP contribution in [0.4, 0.5) is 11.4 Å². The highest BCUT2D eigenvalue weighted by atomic mass is 32.2. The number of carboxylic acid groups (broad SMARTS) is 1. The summed E-state index contributed by atoms with van der Waals surface area (Å²) in [5, 5.41) is 9.33. The van der Waals surface area contributed by atoms with E-state index in [0.29, 0.717) is 151 Å². The molecule has 2 aliphatic heterocycles. The second kappa shape index (κ2) is 36.0. The molecule has 6 rings (SSSR count). The minimum absolute atomic E-state index is 0.0377. The number of nitrogens with zero attached hydrogens (tertiary/aromatic N) is 2. The van der Waals surface area contributed by atoms with Crippen molar-refractivity contribution in [1.29, 1.82) is 0 Å². The van der Waals surface area contributed by atoms with Gasteiger partial charge in [0.15, 0.2) is 5.71 Å². The maximum absolute atomic E-state index is 12.8. The van der Waals surface area contributed by atoms with Crippen LogP contribution in [0.2, 0.25) is 0 Å². The molecule has 4 aromatic carbocycles. The number of allylic oxidation sites excluding steroid dienone is 8. The molecule has 93 heavy (non-hydrogen) atoms. The van der Waals surface area contributed by atoms with E-state index in [-0.39, 0.29) is 87.1 Å². The van der Waals surface area contributed by atoms with E-state index in [2.05, 4.69) is 0 Å². The summed E-state index contributed by atoms with van der Waals surface area (Å²) in [6.45, 7) is 11.9. The van der Waals surface area contributed by atoms with Crippen LogP contribution in [0.1, 0.15) is 70.4 Å². The standard InChI is InChI=1S/C63H86N2O24S4/c1-6-64-53-20-18-49-51(43-47(90(68,69)70)45-55(49)92(74,75)76)60(53)62(2,22-25-82-31-33-86-39-41-88-37-35-84-29-27-80-4)57(64)15-11-8-7-9-12-16-58-63(3,23-26-83-32-34-87-40-42-89-38-36-85-30-28-81-5)61-52-44-48(91(71,72)73)46-56(93(77,78)79)50(52)19-21-54(61)65(58)24-14-10-13-17-59(66)67/h7-9,11-12,15-16,18-21,43-46H,6,10,13-14,17,22-42H2,1-5H3,(H4-,66,67,68,69,70,71,72,73,74,75,76,77,78,79)/p-3. The second-order valence-electron chi connectivity index (χ2n) is 22.0. The van der Waals surface area contributed by atoms with Crippen molar-refractivity contribution in [3.8, 4) is 0 Å². The van der Waals surface area contributed by atoms with Gasteiger partial charge in [-0.3, -0.25) is 4.79 Å². The van der Waals surface area contributed by atoms with Gasteiger partial charge in [0.05, 0.1) is 131 Å². The van der Waals surface area contributed by atoms with Crippen molar-refractivity contribution >= 4 is 85.1 Å². The van der Waals surface area contributed by atoms with Gasteiger partial charge in [-0.25, -0.2) is 33.7 Å². The summed E-state index contributed by atoms with van der Waals surface area (Å²) in [6, 6.07) is 9.40. The first-order valence-corrected chi connectivity index (χ1v) is 35.9. The monoisotopic (exact) mass is 1380 g/mol. The molecule has 4 aromatic rings. The third-order valence-electron chi connectivity index (χ3n) is 15.7. The molecule has 0 saturated heterocycles. The summed E-state index contributed by atoms with van der Waals surface area (Å²) in [5.74, 6) is -0.958. The number of hydrogen-bond donors (Lipinski definition) is 1. The van der Waals surface area contributed by atoms with Gasteiger partial charge >= 0.3 is 5.97 Å². The molecule has 0 spiro atoms. The van der Waals surface area contributed by atoms with Crippen molar-refractivity contribution in [2.24, 2.45) is 0 Å². The van der Waals surface area contributed by atoms with Crippen LogP contribution in [-0.2, 0) is 103 Å². The quantitative estimate of drug-likeness (QED) is 0.0224. The molecule has 0 saturated carbocycles. The van der Waals surface area contributed by atoms with E-state index in [9.17, 15) is 61.8 Å². The minimum atomic E-state index is -5.35. The first-order valence-electron chi connectivity index (χ1n) is 30.3. The molecule has 0 bridgehead atoms. The Labute approximate surface area is 544 Å². The number of aliphatic carboxylic acids is 1. The predicted molar refractivity (Wildman–Crippen MR) is 338 cm³/mol. The van der Waals surface area contributed by atoms with Gasteiger partial charge in [0, 0.05) is 86.7 Å². The topological polar surface area (TPSA) is 365 Å². The number of unbranched alkanes of at least 4 members (excludes halogenated alkanes) is 2. The molecule has 516 valence electrons. The van der Waals surface area contributed by atoms with Crippen LogP contribution in [0.5, 0.6) is 0 Å². The van der Waals surface area contributed by atoms with E-state index in [1.165, 1.54) is 12.1 Å². The zero-order valence-electron chi connectivity index (χ0n) is 52.9. The molecule has 0 amide bonds. The van der Waals surface area contributed by atoms with E-state index in [1.807, 2.05) is 42.4 Å². The molecule has 2 atom stereocenters. The average Bonchev–Trinajstić information content (AvgIpc) is 1.60. The van der Waals surface area contributed by atoms with Crippen LogP contribution in [0.25, 0.3) is 21.5 Å². The number of ether oxygens (including phenoxy) is 10. The fourth-order valence-electron chi connectivity index (χ4n) is 11.4. The Morgan fingerprint density at radius 1 is 0.505 bits per heavy atom. The lowest BCUT2D eigenvalue weighted by Gasteiger charge is -2.30. The summed E-state index contributed by atoms with van der Waals surface area (Å²) in [4.78, 5) is 9.86. The summed E-state index contributed by atoms with van der Waals surface area (Å²) in [5.41, 5.74) is 1.06. The van der Waals surface area contributed by atoms with Gasteiger partial charge in [0.1, 0.15) is 47.0 Å². The maximum atomic E-state index is 12.8. The zero-order chi connectivity index (χ0) is 67.9. The molecule has 0 aromatic heterocycles. The number of likely N-dealkylation sites (N-methyl/N-ethyl adjacent to an activating group) is 1. The van der Waals surface area contributed by atoms with Crippen LogP contribution < -0.4 is 4.90 Å². The lowest BCUT2D eigenvalue weighted by atomic mass is 9.75. The fourth-order valence-corrected chi connectivity index (χ4v) is 14.0. The average molecular weight is 1380 g/mol. The summed E-state index contributed by atoms with van der Waals surface area (Å²) in [6.07, 6.45) is 14.1. The number of anilines is 1. The highest BCUT2D eigenvalue weighted by Crippen LogP contribution is 2.54. The Morgan fingerprint density at radius 2 is 0.925 bits per heavy atom. The Hall–Kier alpha value is -5.46. The van der Waals surface area contributed by atoms with Crippen molar-refractivity contribution in [1.82, 2.24) is 0 Å². The van der Waals surface area contributed by atoms with Gasteiger partial charge in [-0.2, -0.15) is 4.58 Å². The van der Waals surface area contributed by atoms with Crippen molar-refractivity contribution in [2.75, 3.05) is 151 Å². The Morgan fingerprint density at radius 3 is 1.37 bits per heavy atom. The highest BCUT2D eigenvalue weighted by Gasteiger charge is 2.49. The number of carbonyl (C=O) groups is 1. The van der Waals surface area contributed by atoms with Gasteiger partial charge in [-0.05, 0) is 111 Å². The van der Waals surface area contributed by atoms with E-state index < -0.39 is 76.9 Å². The molecule has 2 unspecified atom stereocenters. The Balaban J connectivity index is 1.33. The smallest absolute Gasteiger partial charge is 0.303 e. The highest BCUT2D eigenvalue weighted by molar-refractivity contribution is 7.87. The molecule has 0 fully saturated rings. The van der Waals surface area contributed by atoms with Crippen LogP contribution in [0.15, 0.2) is 116 Å². The number of hydrogen-bond acceptors (Lipinski definition) is 24. The largest absolute Gasteiger partial charge is 0.744 e. The molecule has 26 nitrogen and oxygen atoms in total. The van der Waals surface area contributed by atoms with E-state index in [1.54, 1.807) is 56.7 Å². The van der Waals surface area contributed by atoms with Gasteiger partial charge in [-0.15, -0.1) is 0 Å². The SMILES string of the molecule is CCN1C(=CC=CC=CC=CC2=[N+](CCCCCC(=O)O)c3ccc4c(S(=O)(=O)[O-])cc(S(=O)(=O)[O-])cc4c3C2(C)CCOCCOCCOCCOCCOC)C(C)(CCOCCOCCOCCOCCOC)c2c1ccc1c(S(=O)(=O)[O-])cc(S(=O)(=O)[O-])cc21. The van der Waals surface area contributed by atoms with Gasteiger partial charge in [0.2, 0.25) is 5.69 Å². The lowest BCUT2D eigenvalue weighted by molar-refractivity contribution is -0.438. The van der Waals surface area contributed by atoms with E-state index >= 15 is 0 Å². The third kappa shape index (κ3) is 21.3. The molecule has 2 heterocycles. The van der Waals surface area contributed by atoms with Crippen molar-refractivity contribution in [3.05, 3.63) is 108 Å². The molecule has 2 aliphatic rings. The zero-order valence-corrected chi connectivity index (χ0v) is 56.2. The second-order valence-corrected chi connectivity index (χ2v) is 27.4. The number of carboxylic acids is 1. The van der Waals surface area contributed by atoms with Crippen molar-refractivity contribution in [3.63, 3.8) is 0 Å². The Bertz CT molecular complexity index is 3810. The maximum Gasteiger partial charge on any atom is 0.303 e. The molecule has 1 N–H and O–H groups in total. The summed E-state index contributed by atoms with van der Waals surface area (Å²) < 4.78 is 210. The lowest BCUT2D eigenvalue weighted by Crippen LogP contribution is -2.33. The number of rotatable bonds is 45. The number of methoxy groups -OCH3 is 2. The molecular formula is C63H83N2O24S4-3. The summed E-state index contributed by atoms with van der Waals surface area (Å²) in [7, 11) is -18.1. The number of benzene rings is 4. The fraction of sp³-hybridized carbons (Fsp3) is 0.524. The van der Waals surface area contributed by atoms with Crippen molar-refractivity contribution in [2.45, 2.75) is 89.7 Å². The van der Waals surface area contributed by atoms with Gasteiger partial charge in [0.25, 0.3) is 0 Å². The van der Waals surface area contributed by atoms with E-state index in [4.69, 9.17) is 47.4 Å². The molecular weight excluding hydrogens is 1300 g/mol. The number of fused-ring (bicyclic) bond motifs is 6. The first kappa shape index (κ1) is 76.6. The van der Waals surface area contributed by atoms with Crippen LogP contribution in [0, 0.1) is 0 Å².